The fourth-order valence-corrected chi connectivity index (χ4v) is 5.91. The Morgan fingerprint density at radius 3 is 2.20 bits per heavy atom. The highest BCUT2D eigenvalue weighted by molar-refractivity contribution is 7.92. The summed E-state index contributed by atoms with van der Waals surface area (Å²) in [6.45, 7) is 6.68. The van der Waals surface area contributed by atoms with Crippen LogP contribution in [-0.4, -0.2) is 43.8 Å². The molecule has 2 amide bonds. The third-order valence-corrected chi connectivity index (χ3v) is 8.95. The second-order valence-electron chi connectivity index (χ2n) is 9.60. The molecule has 1 N–H and O–H groups in total. The highest BCUT2D eigenvalue weighted by atomic mass is 35.5. The molecule has 3 rings (SSSR count). The van der Waals surface area contributed by atoms with E-state index in [0.717, 1.165) is 4.31 Å². The lowest BCUT2D eigenvalue weighted by atomic mass is 10.1. The zero-order valence-corrected chi connectivity index (χ0v) is 24.7. The molecular formula is C30H35ClFN3O4S. The van der Waals surface area contributed by atoms with Crippen molar-refractivity contribution >= 4 is 39.1 Å². The Labute approximate surface area is 241 Å². The van der Waals surface area contributed by atoms with Crippen LogP contribution in [0.15, 0.2) is 77.7 Å². The number of sulfonamides is 1. The van der Waals surface area contributed by atoms with Gasteiger partial charge in [0.25, 0.3) is 10.0 Å². The SMILES string of the molecule is CC[C@H](C)NC(=O)[C@H](CC)N(Cc1ccc(F)cc1)C(=O)CN(c1cccc(Cl)c1C)S(=O)(=O)c1ccccc1. The molecule has 0 spiro atoms. The highest BCUT2D eigenvalue weighted by Crippen LogP contribution is 2.31. The van der Waals surface area contributed by atoms with E-state index in [1.807, 2.05) is 13.8 Å². The Morgan fingerprint density at radius 1 is 0.950 bits per heavy atom. The number of hydrogen-bond donors (Lipinski definition) is 1. The molecule has 0 aliphatic rings. The molecule has 0 aliphatic heterocycles. The number of amides is 2. The Morgan fingerprint density at radius 2 is 1.60 bits per heavy atom. The average molecular weight is 588 g/mol. The molecule has 0 saturated carbocycles. The van der Waals surface area contributed by atoms with Crippen LogP contribution >= 0.6 is 11.6 Å². The van der Waals surface area contributed by atoms with Crippen molar-refractivity contribution in [3.8, 4) is 0 Å². The molecule has 7 nitrogen and oxygen atoms in total. The lowest BCUT2D eigenvalue weighted by molar-refractivity contribution is -0.140. The van der Waals surface area contributed by atoms with Crippen LogP contribution in [0.1, 0.15) is 44.7 Å². The van der Waals surface area contributed by atoms with Crippen molar-refractivity contribution in [3.63, 3.8) is 0 Å². The second kappa shape index (κ2) is 13.8. The van der Waals surface area contributed by atoms with E-state index in [1.54, 1.807) is 50.2 Å². The lowest BCUT2D eigenvalue weighted by Crippen LogP contribution is -2.53. The van der Waals surface area contributed by atoms with Crippen molar-refractivity contribution in [2.75, 3.05) is 10.8 Å². The van der Waals surface area contributed by atoms with Crippen LogP contribution in [0.3, 0.4) is 0 Å². The third-order valence-electron chi connectivity index (χ3n) is 6.77. The molecule has 0 aliphatic carbocycles. The standard InChI is InChI=1S/C30H35ClFN3O4S/c1-5-21(3)33-30(37)27(6-2)34(19-23-15-17-24(32)18-16-23)29(36)20-35(28-14-10-13-26(31)22(28)4)40(38,39)25-11-8-7-9-12-25/h7-18,21,27H,5-6,19-20H2,1-4H3,(H,33,37)/t21-,27-/m0/s1. The Hall–Kier alpha value is -3.43. The van der Waals surface area contributed by atoms with Crippen LogP contribution in [0.5, 0.6) is 0 Å². The molecule has 0 radical (unpaired) electrons. The molecule has 2 atom stereocenters. The number of benzene rings is 3. The second-order valence-corrected chi connectivity index (χ2v) is 11.9. The molecule has 0 saturated heterocycles. The van der Waals surface area contributed by atoms with E-state index in [-0.39, 0.29) is 35.5 Å². The van der Waals surface area contributed by atoms with Crippen LogP contribution < -0.4 is 9.62 Å². The number of carbonyl (C=O) groups is 2. The van der Waals surface area contributed by atoms with Crippen LogP contribution in [0.4, 0.5) is 10.1 Å². The summed E-state index contributed by atoms with van der Waals surface area (Å²) in [6, 6.07) is 17.3. The summed E-state index contributed by atoms with van der Waals surface area (Å²) in [6.07, 6.45) is 0.988. The number of nitrogens with zero attached hydrogens (tertiary/aromatic N) is 2. The molecule has 10 heteroatoms. The van der Waals surface area contributed by atoms with E-state index in [9.17, 15) is 22.4 Å². The van der Waals surface area contributed by atoms with Gasteiger partial charge in [0.05, 0.1) is 10.6 Å². The predicted molar refractivity (Wildman–Crippen MR) is 156 cm³/mol. The highest BCUT2D eigenvalue weighted by Gasteiger charge is 2.34. The van der Waals surface area contributed by atoms with E-state index in [4.69, 9.17) is 11.6 Å². The van der Waals surface area contributed by atoms with E-state index in [2.05, 4.69) is 5.32 Å². The molecule has 0 bridgehead atoms. The fourth-order valence-electron chi connectivity index (χ4n) is 4.25. The molecule has 0 fully saturated rings. The van der Waals surface area contributed by atoms with Gasteiger partial charge in [0.1, 0.15) is 18.4 Å². The van der Waals surface area contributed by atoms with Gasteiger partial charge in [0.2, 0.25) is 11.8 Å². The monoisotopic (exact) mass is 587 g/mol. The van der Waals surface area contributed by atoms with Crippen molar-refractivity contribution in [1.29, 1.82) is 0 Å². The smallest absolute Gasteiger partial charge is 0.264 e. The summed E-state index contributed by atoms with van der Waals surface area (Å²) in [7, 11) is -4.20. The first kappa shape index (κ1) is 31.1. The number of anilines is 1. The van der Waals surface area contributed by atoms with Gasteiger partial charge in [-0.2, -0.15) is 0 Å². The van der Waals surface area contributed by atoms with Crippen molar-refractivity contribution in [2.24, 2.45) is 0 Å². The third kappa shape index (κ3) is 7.40. The van der Waals surface area contributed by atoms with Crippen molar-refractivity contribution in [2.45, 2.75) is 64.1 Å². The van der Waals surface area contributed by atoms with Gasteiger partial charge in [-0.3, -0.25) is 13.9 Å². The first-order valence-corrected chi connectivity index (χ1v) is 15.0. The quantitative estimate of drug-likeness (QED) is 0.294. The van der Waals surface area contributed by atoms with E-state index in [1.165, 1.54) is 41.3 Å². The summed E-state index contributed by atoms with van der Waals surface area (Å²) in [5.41, 5.74) is 1.34. The van der Waals surface area contributed by atoms with Crippen LogP contribution in [0.2, 0.25) is 5.02 Å². The number of carbonyl (C=O) groups excluding carboxylic acids is 2. The van der Waals surface area contributed by atoms with Crippen molar-refractivity contribution in [3.05, 3.63) is 94.8 Å². The lowest BCUT2D eigenvalue weighted by Gasteiger charge is -2.34. The first-order valence-electron chi connectivity index (χ1n) is 13.2. The number of nitrogens with one attached hydrogen (secondary N) is 1. The first-order chi connectivity index (χ1) is 19.0. The van der Waals surface area contributed by atoms with Gasteiger partial charge in [-0.1, -0.05) is 61.8 Å². The Kier molecular flexibility index (Phi) is 10.7. The van der Waals surface area contributed by atoms with Crippen LogP contribution in [-0.2, 0) is 26.2 Å². The zero-order valence-electron chi connectivity index (χ0n) is 23.1. The summed E-state index contributed by atoms with van der Waals surface area (Å²) in [5.74, 6) is -1.36. The molecule has 3 aromatic rings. The maximum Gasteiger partial charge on any atom is 0.264 e. The van der Waals surface area contributed by atoms with Gasteiger partial charge in [0.15, 0.2) is 0 Å². The average Bonchev–Trinajstić information content (AvgIpc) is 2.94. The molecule has 0 unspecified atom stereocenters. The number of halogens is 2. The van der Waals surface area contributed by atoms with Gasteiger partial charge >= 0.3 is 0 Å². The zero-order chi connectivity index (χ0) is 29.4. The van der Waals surface area contributed by atoms with Gasteiger partial charge in [0, 0.05) is 17.6 Å². The minimum Gasteiger partial charge on any atom is -0.352 e. The van der Waals surface area contributed by atoms with Gasteiger partial charge in [-0.05, 0) is 74.2 Å². The van der Waals surface area contributed by atoms with Crippen molar-refractivity contribution < 1.29 is 22.4 Å². The van der Waals surface area contributed by atoms with Gasteiger partial charge < -0.3 is 10.2 Å². The van der Waals surface area contributed by atoms with Crippen LogP contribution in [0, 0.1) is 12.7 Å². The molecule has 0 heterocycles. The number of hydrogen-bond acceptors (Lipinski definition) is 4. The van der Waals surface area contributed by atoms with Gasteiger partial charge in [-0.25, -0.2) is 12.8 Å². The molecule has 0 aromatic heterocycles. The predicted octanol–water partition coefficient (Wildman–Crippen LogP) is 5.70. The van der Waals surface area contributed by atoms with Crippen molar-refractivity contribution in [1.82, 2.24) is 10.2 Å². The minimum absolute atomic E-state index is 0.00816. The largest absolute Gasteiger partial charge is 0.352 e. The van der Waals surface area contributed by atoms with Gasteiger partial charge in [-0.15, -0.1) is 0 Å². The van der Waals surface area contributed by atoms with E-state index >= 15 is 0 Å². The maximum absolute atomic E-state index is 14.1. The van der Waals surface area contributed by atoms with E-state index in [0.29, 0.717) is 22.6 Å². The van der Waals surface area contributed by atoms with E-state index < -0.39 is 34.3 Å². The molecule has 40 heavy (non-hydrogen) atoms. The Balaban J connectivity index is 2.08. The summed E-state index contributed by atoms with van der Waals surface area (Å²) in [5, 5.41) is 3.27. The Bertz CT molecular complexity index is 1420. The topological polar surface area (TPSA) is 86.8 Å². The molecule has 214 valence electrons. The summed E-state index contributed by atoms with van der Waals surface area (Å²) >= 11 is 6.35. The number of rotatable bonds is 12. The fraction of sp³-hybridized carbons (Fsp3) is 0.333. The summed E-state index contributed by atoms with van der Waals surface area (Å²) in [4.78, 5) is 28.7. The normalized spacial score (nSPS) is 12.8. The maximum atomic E-state index is 14.1. The molecule has 3 aromatic carbocycles. The minimum atomic E-state index is -4.20. The molecular weight excluding hydrogens is 553 g/mol. The van der Waals surface area contributed by atoms with Crippen LogP contribution in [0.25, 0.3) is 0 Å². The summed E-state index contributed by atoms with van der Waals surface area (Å²) < 4.78 is 42.4.